The summed E-state index contributed by atoms with van der Waals surface area (Å²) in [6, 6.07) is 10.5. The Morgan fingerprint density at radius 1 is 1.33 bits per heavy atom. The predicted molar refractivity (Wildman–Crippen MR) is 91.6 cm³/mol. The summed E-state index contributed by atoms with van der Waals surface area (Å²) >= 11 is 0. The fraction of sp³-hybridized carbons (Fsp3) is 0.316. The van der Waals surface area contributed by atoms with Gasteiger partial charge in [-0.3, -0.25) is 4.79 Å². The number of carbonyl (C=O) groups is 1. The molecule has 5 heteroatoms. The van der Waals surface area contributed by atoms with E-state index in [0.29, 0.717) is 6.54 Å². The lowest BCUT2D eigenvalue weighted by Crippen LogP contribution is -2.26. The molecule has 0 saturated heterocycles. The van der Waals surface area contributed by atoms with Crippen molar-refractivity contribution >= 4 is 11.6 Å². The molecule has 1 aliphatic heterocycles. The van der Waals surface area contributed by atoms with Crippen molar-refractivity contribution in [2.24, 2.45) is 0 Å². The topological polar surface area (TPSA) is 52.6 Å². The average molecular weight is 328 g/mol. The standard InChI is InChI=1S/C19H21FN2O2/c1-22-9-3-5-14-10-13(7-8-16(14)22)12-21-18(24)11-15-4-2-6-17(23)19(15)20/h2,4,6-8,10,23H,3,5,9,11-12H2,1H3,(H,21,24). The van der Waals surface area contributed by atoms with E-state index < -0.39 is 11.6 Å². The number of phenolic OH excluding ortho intramolecular Hbond substituents is 1. The van der Waals surface area contributed by atoms with Crippen molar-refractivity contribution in [2.45, 2.75) is 25.8 Å². The second-order valence-electron chi connectivity index (χ2n) is 6.19. The number of hydrogen-bond acceptors (Lipinski definition) is 3. The molecule has 0 aliphatic carbocycles. The second kappa shape index (κ2) is 6.91. The summed E-state index contributed by atoms with van der Waals surface area (Å²) in [5.74, 6) is -1.43. The summed E-state index contributed by atoms with van der Waals surface area (Å²) in [6.45, 7) is 1.48. The van der Waals surface area contributed by atoms with E-state index in [-0.39, 0.29) is 17.9 Å². The van der Waals surface area contributed by atoms with Crippen LogP contribution in [0.1, 0.15) is 23.1 Å². The van der Waals surface area contributed by atoms with Crippen molar-refractivity contribution in [3.05, 3.63) is 58.9 Å². The number of hydrogen-bond donors (Lipinski definition) is 2. The van der Waals surface area contributed by atoms with Gasteiger partial charge in [0, 0.05) is 31.4 Å². The van der Waals surface area contributed by atoms with Crippen LogP contribution in [0.2, 0.25) is 0 Å². The Hall–Kier alpha value is -2.56. The van der Waals surface area contributed by atoms with Crippen LogP contribution >= 0.6 is 0 Å². The number of fused-ring (bicyclic) bond motifs is 1. The molecule has 3 rings (SSSR count). The van der Waals surface area contributed by atoms with Crippen molar-refractivity contribution in [2.75, 3.05) is 18.5 Å². The molecular formula is C19H21FN2O2. The maximum atomic E-state index is 13.7. The molecule has 1 aliphatic rings. The van der Waals surface area contributed by atoms with Gasteiger partial charge < -0.3 is 15.3 Å². The zero-order valence-electron chi connectivity index (χ0n) is 13.7. The number of benzene rings is 2. The van der Waals surface area contributed by atoms with E-state index >= 15 is 0 Å². The molecule has 126 valence electrons. The molecule has 1 amide bonds. The number of phenols is 1. The Morgan fingerprint density at radius 3 is 3.00 bits per heavy atom. The van der Waals surface area contributed by atoms with Gasteiger partial charge in [0.05, 0.1) is 6.42 Å². The highest BCUT2D eigenvalue weighted by Crippen LogP contribution is 2.26. The minimum Gasteiger partial charge on any atom is -0.505 e. The molecule has 0 unspecified atom stereocenters. The van der Waals surface area contributed by atoms with Crippen LogP contribution in [0, 0.1) is 5.82 Å². The molecule has 1 heterocycles. The summed E-state index contributed by atoms with van der Waals surface area (Å²) in [5.41, 5.74) is 3.78. The molecule has 0 spiro atoms. The van der Waals surface area contributed by atoms with E-state index in [2.05, 4.69) is 29.4 Å². The van der Waals surface area contributed by atoms with Crippen LogP contribution in [0.15, 0.2) is 36.4 Å². The average Bonchev–Trinajstić information content (AvgIpc) is 2.57. The van der Waals surface area contributed by atoms with Gasteiger partial charge in [-0.1, -0.05) is 24.3 Å². The first-order chi connectivity index (χ1) is 11.5. The third-order valence-electron chi connectivity index (χ3n) is 4.39. The van der Waals surface area contributed by atoms with Crippen molar-refractivity contribution in [3.63, 3.8) is 0 Å². The number of rotatable bonds is 4. The molecule has 2 N–H and O–H groups in total. The zero-order valence-corrected chi connectivity index (χ0v) is 13.7. The molecule has 2 aromatic rings. The van der Waals surface area contributed by atoms with Gasteiger partial charge in [0.1, 0.15) is 0 Å². The molecule has 2 aromatic carbocycles. The number of anilines is 1. The van der Waals surface area contributed by atoms with Gasteiger partial charge >= 0.3 is 0 Å². The van der Waals surface area contributed by atoms with Crippen molar-refractivity contribution in [3.8, 4) is 5.75 Å². The molecule has 0 fully saturated rings. The number of nitrogens with zero attached hydrogens (tertiary/aromatic N) is 1. The van der Waals surface area contributed by atoms with Gasteiger partial charge in [0.2, 0.25) is 5.91 Å². The molecule has 0 bridgehead atoms. The summed E-state index contributed by atoms with van der Waals surface area (Å²) < 4.78 is 13.7. The van der Waals surface area contributed by atoms with Crippen LogP contribution in [0.3, 0.4) is 0 Å². The number of amides is 1. The smallest absolute Gasteiger partial charge is 0.224 e. The Balaban J connectivity index is 1.61. The van der Waals surface area contributed by atoms with Crippen LogP contribution in [0.25, 0.3) is 0 Å². The first kappa shape index (κ1) is 16.3. The molecule has 0 aromatic heterocycles. The van der Waals surface area contributed by atoms with Gasteiger partial charge in [-0.15, -0.1) is 0 Å². The molecular weight excluding hydrogens is 307 g/mol. The molecule has 0 radical (unpaired) electrons. The third-order valence-corrected chi connectivity index (χ3v) is 4.39. The first-order valence-electron chi connectivity index (χ1n) is 8.10. The maximum absolute atomic E-state index is 13.7. The number of nitrogens with one attached hydrogen (secondary N) is 1. The van der Waals surface area contributed by atoms with Crippen LogP contribution in [0.5, 0.6) is 5.75 Å². The second-order valence-corrected chi connectivity index (χ2v) is 6.19. The minimum absolute atomic E-state index is 0.0894. The molecule has 0 saturated carbocycles. The van der Waals surface area contributed by atoms with Crippen LogP contribution in [0.4, 0.5) is 10.1 Å². The highest BCUT2D eigenvalue weighted by Gasteiger charge is 2.14. The van der Waals surface area contributed by atoms with Crippen LogP contribution < -0.4 is 10.2 Å². The molecule has 0 atom stereocenters. The monoisotopic (exact) mass is 328 g/mol. The summed E-state index contributed by atoms with van der Waals surface area (Å²) in [7, 11) is 2.09. The SMILES string of the molecule is CN1CCCc2cc(CNC(=O)Cc3cccc(O)c3F)ccc21. The largest absolute Gasteiger partial charge is 0.505 e. The summed E-state index contributed by atoms with van der Waals surface area (Å²) in [6.07, 6.45) is 2.10. The fourth-order valence-corrected chi connectivity index (χ4v) is 3.09. The van der Waals surface area contributed by atoms with E-state index in [4.69, 9.17) is 0 Å². The van der Waals surface area contributed by atoms with Gasteiger partial charge in [0.15, 0.2) is 11.6 Å². The molecule has 24 heavy (non-hydrogen) atoms. The van der Waals surface area contributed by atoms with Gasteiger partial charge in [-0.2, -0.15) is 0 Å². The summed E-state index contributed by atoms with van der Waals surface area (Å²) in [5, 5.41) is 12.2. The normalized spacial score (nSPS) is 13.5. The lowest BCUT2D eigenvalue weighted by molar-refractivity contribution is -0.120. The van der Waals surface area contributed by atoms with E-state index in [0.717, 1.165) is 24.9 Å². The first-order valence-corrected chi connectivity index (χ1v) is 8.10. The Labute approximate surface area is 140 Å². The number of aromatic hydroxyl groups is 1. The van der Waals surface area contributed by atoms with E-state index in [9.17, 15) is 14.3 Å². The lowest BCUT2D eigenvalue weighted by Gasteiger charge is -2.27. The zero-order chi connectivity index (χ0) is 17.1. The van der Waals surface area contributed by atoms with E-state index in [1.54, 1.807) is 0 Å². The molecule has 4 nitrogen and oxygen atoms in total. The van der Waals surface area contributed by atoms with Crippen molar-refractivity contribution in [1.29, 1.82) is 0 Å². The minimum atomic E-state index is -0.732. The number of aryl methyl sites for hydroxylation is 1. The predicted octanol–water partition coefficient (Wildman–Crippen LogP) is 2.77. The van der Waals surface area contributed by atoms with E-state index in [1.807, 2.05) is 6.07 Å². The van der Waals surface area contributed by atoms with E-state index in [1.165, 1.54) is 29.4 Å². The van der Waals surface area contributed by atoms with Gasteiger partial charge in [0.25, 0.3) is 0 Å². The maximum Gasteiger partial charge on any atom is 0.224 e. The van der Waals surface area contributed by atoms with Gasteiger partial charge in [-0.25, -0.2) is 4.39 Å². The summed E-state index contributed by atoms with van der Waals surface area (Å²) in [4.78, 5) is 14.3. The highest BCUT2D eigenvalue weighted by atomic mass is 19.1. The number of halogens is 1. The Kier molecular flexibility index (Phi) is 4.69. The van der Waals surface area contributed by atoms with Crippen molar-refractivity contribution in [1.82, 2.24) is 5.32 Å². The lowest BCUT2D eigenvalue weighted by atomic mass is 9.99. The van der Waals surface area contributed by atoms with Gasteiger partial charge in [-0.05, 0) is 36.1 Å². The highest BCUT2D eigenvalue weighted by molar-refractivity contribution is 5.78. The van der Waals surface area contributed by atoms with Crippen LogP contribution in [-0.4, -0.2) is 24.6 Å². The number of carbonyl (C=O) groups excluding carboxylic acids is 1. The Morgan fingerprint density at radius 2 is 2.17 bits per heavy atom. The van der Waals surface area contributed by atoms with Crippen LogP contribution in [-0.2, 0) is 24.2 Å². The fourth-order valence-electron chi connectivity index (χ4n) is 3.09. The Bertz CT molecular complexity index is 761. The quantitative estimate of drug-likeness (QED) is 0.907. The van der Waals surface area contributed by atoms with Crippen molar-refractivity contribution < 1.29 is 14.3 Å². The third kappa shape index (κ3) is 3.50.